The Morgan fingerprint density at radius 3 is 2.74 bits per heavy atom. The molecule has 0 unspecified atom stereocenters. The first kappa shape index (κ1) is 12.4. The first-order valence-corrected chi connectivity index (χ1v) is 7.13. The number of hydrogen-bond acceptors (Lipinski definition) is 4. The number of hydrogen-bond donors (Lipinski definition) is 1. The molecule has 0 aliphatic carbocycles. The van der Waals surface area contributed by atoms with Crippen molar-refractivity contribution in [3.05, 3.63) is 46.1 Å². The molecule has 0 saturated heterocycles. The van der Waals surface area contributed by atoms with E-state index in [1.54, 1.807) is 6.07 Å². The molecule has 19 heavy (non-hydrogen) atoms. The highest BCUT2D eigenvalue weighted by Crippen LogP contribution is 2.23. The van der Waals surface area contributed by atoms with Crippen LogP contribution in [0.5, 0.6) is 0 Å². The van der Waals surface area contributed by atoms with Gasteiger partial charge in [-0.25, -0.2) is 4.98 Å². The average molecular weight is 319 g/mol. The van der Waals surface area contributed by atoms with Gasteiger partial charge in [0.05, 0.1) is 0 Å². The summed E-state index contributed by atoms with van der Waals surface area (Å²) in [6, 6.07) is 10.3. The van der Waals surface area contributed by atoms with Crippen molar-refractivity contribution < 1.29 is 0 Å². The topological polar surface area (TPSA) is 55.0 Å². The third kappa shape index (κ3) is 2.71. The van der Waals surface area contributed by atoms with Gasteiger partial charge >= 0.3 is 0 Å². The number of anilines is 2. The lowest BCUT2D eigenvalue weighted by atomic mass is 10.0. The molecule has 1 aromatic heterocycles. The number of halogens is 1. The van der Waals surface area contributed by atoms with Crippen molar-refractivity contribution in [1.29, 1.82) is 0 Å². The maximum atomic E-state index is 5.79. The van der Waals surface area contributed by atoms with Crippen LogP contribution in [0.25, 0.3) is 0 Å². The second-order valence-corrected chi connectivity index (χ2v) is 5.52. The molecule has 1 aromatic carbocycles. The molecule has 0 spiro atoms. The van der Waals surface area contributed by atoms with Crippen LogP contribution in [0.2, 0.25) is 0 Å². The molecule has 98 valence electrons. The summed E-state index contributed by atoms with van der Waals surface area (Å²) < 4.78 is 0.729. The van der Waals surface area contributed by atoms with E-state index in [1.807, 2.05) is 0 Å². The Hall–Kier alpha value is -1.62. The van der Waals surface area contributed by atoms with Gasteiger partial charge in [-0.15, -0.1) is 0 Å². The fraction of sp³-hybridized carbons (Fsp3) is 0.286. The van der Waals surface area contributed by atoms with Gasteiger partial charge in [-0.05, 0) is 39.9 Å². The maximum absolute atomic E-state index is 5.79. The van der Waals surface area contributed by atoms with Crippen LogP contribution < -0.4 is 10.6 Å². The van der Waals surface area contributed by atoms with E-state index >= 15 is 0 Å². The second kappa shape index (κ2) is 5.17. The Labute approximate surface area is 120 Å². The normalized spacial score (nSPS) is 14.9. The largest absolute Gasteiger partial charge is 0.383 e. The van der Waals surface area contributed by atoms with Crippen LogP contribution in [0.15, 0.2) is 34.9 Å². The number of benzene rings is 1. The van der Waals surface area contributed by atoms with Gasteiger partial charge in [0, 0.05) is 19.2 Å². The van der Waals surface area contributed by atoms with Gasteiger partial charge in [-0.3, -0.25) is 0 Å². The molecule has 5 heteroatoms. The lowest BCUT2D eigenvalue weighted by Gasteiger charge is -2.21. The van der Waals surface area contributed by atoms with Crippen LogP contribution in [0.4, 0.5) is 11.8 Å². The smallest absolute Gasteiger partial charge is 0.228 e. The summed E-state index contributed by atoms with van der Waals surface area (Å²) in [6.07, 6.45) is 2.21. The molecular formula is C14H15BrN4. The van der Waals surface area contributed by atoms with Crippen LogP contribution in [0.1, 0.15) is 17.5 Å². The third-order valence-electron chi connectivity index (χ3n) is 3.34. The zero-order valence-electron chi connectivity index (χ0n) is 10.5. The quantitative estimate of drug-likeness (QED) is 0.821. The zero-order valence-corrected chi connectivity index (χ0v) is 12.1. The van der Waals surface area contributed by atoms with Crippen LogP contribution in [-0.4, -0.2) is 16.5 Å². The standard InChI is InChI=1S/C14H15BrN4/c15-12-8-13(16)18-14(17-12)19-7-3-6-10-4-1-2-5-11(10)9-19/h1-2,4-5,8H,3,6-7,9H2,(H2,16,17,18). The Balaban J connectivity index is 1.94. The summed E-state index contributed by atoms with van der Waals surface area (Å²) in [5, 5.41) is 0. The first-order valence-electron chi connectivity index (χ1n) is 6.34. The number of rotatable bonds is 1. The van der Waals surface area contributed by atoms with E-state index in [9.17, 15) is 0 Å². The van der Waals surface area contributed by atoms with E-state index < -0.39 is 0 Å². The zero-order chi connectivity index (χ0) is 13.2. The average Bonchev–Trinajstić information content (AvgIpc) is 2.59. The predicted octanol–water partition coefficient (Wildman–Crippen LogP) is 2.77. The molecule has 0 fully saturated rings. The second-order valence-electron chi connectivity index (χ2n) is 4.71. The summed E-state index contributed by atoms with van der Waals surface area (Å²) in [5.74, 6) is 1.19. The van der Waals surface area contributed by atoms with E-state index in [0.29, 0.717) is 11.8 Å². The Bertz CT molecular complexity index is 579. The van der Waals surface area contributed by atoms with Gasteiger partial charge in [0.15, 0.2) is 0 Å². The number of nitrogens with zero attached hydrogens (tertiary/aromatic N) is 3. The summed E-state index contributed by atoms with van der Waals surface area (Å²) in [5.41, 5.74) is 8.57. The molecule has 1 aliphatic rings. The summed E-state index contributed by atoms with van der Waals surface area (Å²) in [7, 11) is 0. The van der Waals surface area contributed by atoms with Crippen molar-refractivity contribution in [1.82, 2.24) is 9.97 Å². The molecular weight excluding hydrogens is 304 g/mol. The van der Waals surface area contributed by atoms with Gasteiger partial charge in [0.2, 0.25) is 5.95 Å². The number of nitrogen functional groups attached to an aromatic ring is 1. The summed E-state index contributed by atoms with van der Waals surface area (Å²) >= 11 is 3.37. The first-order chi connectivity index (χ1) is 9.22. The number of aryl methyl sites for hydroxylation is 1. The Morgan fingerprint density at radius 2 is 1.95 bits per heavy atom. The van der Waals surface area contributed by atoms with Crippen molar-refractivity contribution in [2.75, 3.05) is 17.2 Å². The molecule has 4 nitrogen and oxygen atoms in total. The molecule has 3 rings (SSSR count). The minimum absolute atomic E-state index is 0.495. The van der Waals surface area contributed by atoms with Gasteiger partial charge in [0.25, 0.3) is 0 Å². The molecule has 0 radical (unpaired) electrons. The number of aromatic nitrogens is 2. The number of fused-ring (bicyclic) bond motifs is 1. The molecule has 0 bridgehead atoms. The Kier molecular flexibility index (Phi) is 3.38. The molecule has 1 aliphatic heterocycles. The van der Waals surface area contributed by atoms with Crippen LogP contribution in [0.3, 0.4) is 0 Å². The van der Waals surface area contributed by atoms with Crippen molar-refractivity contribution in [3.8, 4) is 0 Å². The fourth-order valence-corrected chi connectivity index (χ4v) is 2.83. The van der Waals surface area contributed by atoms with Crippen molar-refractivity contribution in [3.63, 3.8) is 0 Å². The van der Waals surface area contributed by atoms with E-state index in [4.69, 9.17) is 5.73 Å². The SMILES string of the molecule is Nc1cc(Br)nc(N2CCCc3ccccc3C2)n1. The highest BCUT2D eigenvalue weighted by atomic mass is 79.9. The van der Waals surface area contributed by atoms with Crippen LogP contribution >= 0.6 is 15.9 Å². The summed E-state index contributed by atoms with van der Waals surface area (Å²) in [4.78, 5) is 10.9. The minimum atomic E-state index is 0.495. The summed E-state index contributed by atoms with van der Waals surface area (Å²) in [6.45, 7) is 1.79. The molecule has 2 heterocycles. The molecule has 2 N–H and O–H groups in total. The van der Waals surface area contributed by atoms with Gasteiger partial charge in [-0.2, -0.15) is 4.98 Å². The maximum Gasteiger partial charge on any atom is 0.228 e. The molecule has 0 amide bonds. The molecule has 2 aromatic rings. The monoisotopic (exact) mass is 318 g/mol. The van der Waals surface area contributed by atoms with E-state index in [-0.39, 0.29) is 0 Å². The predicted molar refractivity (Wildman–Crippen MR) is 80.0 cm³/mol. The fourth-order valence-electron chi connectivity index (χ4n) is 2.44. The lowest BCUT2D eigenvalue weighted by molar-refractivity contribution is 0.740. The van der Waals surface area contributed by atoms with Gasteiger partial charge in [0.1, 0.15) is 10.4 Å². The van der Waals surface area contributed by atoms with Crippen LogP contribution in [-0.2, 0) is 13.0 Å². The van der Waals surface area contributed by atoms with E-state index in [0.717, 1.165) is 30.5 Å². The van der Waals surface area contributed by atoms with E-state index in [1.165, 1.54) is 11.1 Å². The highest BCUT2D eigenvalue weighted by Gasteiger charge is 2.17. The third-order valence-corrected chi connectivity index (χ3v) is 3.75. The molecule has 0 atom stereocenters. The minimum Gasteiger partial charge on any atom is -0.383 e. The molecule has 0 saturated carbocycles. The number of nitrogens with two attached hydrogens (primary N) is 1. The van der Waals surface area contributed by atoms with Crippen LogP contribution in [0, 0.1) is 0 Å². The van der Waals surface area contributed by atoms with Crippen molar-refractivity contribution in [2.45, 2.75) is 19.4 Å². The van der Waals surface area contributed by atoms with Crippen molar-refractivity contribution >= 4 is 27.7 Å². The Morgan fingerprint density at radius 1 is 1.16 bits per heavy atom. The highest BCUT2D eigenvalue weighted by molar-refractivity contribution is 9.10. The lowest BCUT2D eigenvalue weighted by Crippen LogP contribution is -2.25. The van der Waals surface area contributed by atoms with Gasteiger partial charge in [-0.1, -0.05) is 24.3 Å². The van der Waals surface area contributed by atoms with E-state index in [2.05, 4.69) is 55.1 Å². The van der Waals surface area contributed by atoms with Crippen molar-refractivity contribution in [2.24, 2.45) is 0 Å². The van der Waals surface area contributed by atoms with Gasteiger partial charge < -0.3 is 10.6 Å².